The molecule has 0 saturated heterocycles. The minimum absolute atomic E-state index is 0.404. The smallest absolute Gasteiger partial charge is 0.258 e. The van der Waals surface area contributed by atoms with E-state index in [1.165, 1.54) is 5.56 Å². The second-order valence-electron chi connectivity index (χ2n) is 7.36. The minimum Gasteiger partial charge on any atom is -0.493 e. The highest BCUT2D eigenvalue weighted by atomic mass is 35.5. The minimum atomic E-state index is 0.404. The first-order valence-corrected chi connectivity index (χ1v) is 11.0. The second-order valence-corrected chi connectivity index (χ2v) is 7.77. The van der Waals surface area contributed by atoms with E-state index in [1.807, 2.05) is 37.3 Å². The maximum Gasteiger partial charge on any atom is 0.258 e. The summed E-state index contributed by atoms with van der Waals surface area (Å²) in [5, 5.41) is 7.83. The Kier molecular flexibility index (Phi) is 6.71. The van der Waals surface area contributed by atoms with Crippen LogP contribution in [0.3, 0.4) is 0 Å². The quantitative estimate of drug-likeness (QED) is 0.325. The molecular formula is C25H25ClN4O2. The molecule has 0 unspecified atom stereocenters. The van der Waals surface area contributed by atoms with Crippen molar-refractivity contribution in [2.45, 2.75) is 27.2 Å². The number of rotatable bonds is 8. The molecule has 6 nitrogen and oxygen atoms in total. The molecule has 0 bridgehead atoms. The van der Waals surface area contributed by atoms with E-state index >= 15 is 0 Å². The topological polar surface area (TPSA) is 73.1 Å². The molecular weight excluding hydrogens is 424 g/mol. The average molecular weight is 449 g/mol. The lowest BCUT2D eigenvalue weighted by Crippen LogP contribution is -2.02. The van der Waals surface area contributed by atoms with Gasteiger partial charge in [0, 0.05) is 29.4 Å². The Morgan fingerprint density at radius 3 is 2.62 bits per heavy atom. The van der Waals surface area contributed by atoms with Gasteiger partial charge in [-0.2, -0.15) is 4.98 Å². The number of nitrogens with one attached hydrogen (secondary N) is 1. The van der Waals surface area contributed by atoms with Gasteiger partial charge in [-0.15, -0.1) is 0 Å². The third-order valence-electron chi connectivity index (χ3n) is 5.03. The van der Waals surface area contributed by atoms with Crippen LogP contribution in [0.25, 0.3) is 34.0 Å². The van der Waals surface area contributed by atoms with Crippen LogP contribution in [-0.4, -0.2) is 28.3 Å². The number of aromatic nitrogens is 3. The third-order valence-corrected chi connectivity index (χ3v) is 5.32. The van der Waals surface area contributed by atoms with Gasteiger partial charge in [-0.05, 0) is 55.7 Å². The molecule has 2 aromatic heterocycles. The van der Waals surface area contributed by atoms with Gasteiger partial charge in [-0.25, -0.2) is 4.98 Å². The molecule has 0 radical (unpaired) electrons. The largest absolute Gasteiger partial charge is 0.493 e. The summed E-state index contributed by atoms with van der Waals surface area (Å²) in [6.45, 7) is 7.50. The van der Waals surface area contributed by atoms with Crippen LogP contribution in [0.1, 0.15) is 25.8 Å². The van der Waals surface area contributed by atoms with Crippen molar-refractivity contribution in [3.05, 3.63) is 65.3 Å². The summed E-state index contributed by atoms with van der Waals surface area (Å²) in [6, 6.07) is 15.9. The van der Waals surface area contributed by atoms with Gasteiger partial charge in [0.05, 0.1) is 11.6 Å². The van der Waals surface area contributed by atoms with Crippen molar-refractivity contribution in [1.29, 1.82) is 0 Å². The zero-order valence-corrected chi connectivity index (χ0v) is 19.1. The molecule has 2 aromatic carbocycles. The molecule has 0 fully saturated rings. The molecule has 0 spiro atoms. The zero-order chi connectivity index (χ0) is 22.5. The number of anilines is 1. The Balaban J connectivity index is 1.65. The van der Waals surface area contributed by atoms with E-state index < -0.39 is 0 Å². The molecule has 0 amide bonds. The average Bonchev–Trinajstić information content (AvgIpc) is 3.29. The van der Waals surface area contributed by atoms with Crippen molar-refractivity contribution in [1.82, 2.24) is 15.1 Å². The predicted octanol–water partition coefficient (Wildman–Crippen LogP) is 6.65. The molecule has 2 heterocycles. The van der Waals surface area contributed by atoms with Crippen molar-refractivity contribution in [3.63, 3.8) is 0 Å². The van der Waals surface area contributed by atoms with E-state index in [0.717, 1.165) is 35.4 Å². The van der Waals surface area contributed by atoms with Crippen LogP contribution in [0, 0.1) is 6.92 Å². The van der Waals surface area contributed by atoms with Crippen LogP contribution in [-0.2, 0) is 0 Å². The first-order valence-electron chi connectivity index (χ1n) is 10.7. The lowest BCUT2D eigenvalue weighted by atomic mass is 9.98. The Labute approximate surface area is 192 Å². The first kappa shape index (κ1) is 21.8. The zero-order valence-electron chi connectivity index (χ0n) is 18.4. The molecule has 4 rings (SSSR count). The van der Waals surface area contributed by atoms with E-state index in [4.69, 9.17) is 20.9 Å². The summed E-state index contributed by atoms with van der Waals surface area (Å²) < 4.78 is 11.5. The van der Waals surface area contributed by atoms with Crippen LogP contribution in [0.5, 0.6) is 5.75 Å². The van der Waals surface area contributed by atoms with Crippen LogP contribution in [0.4, 0.5) is 5.82 Å². The number of halogens is 1. The molecule has 7 heteroatoms. The highest BCUT2D eigenvalue weighted by Gasteiger charge is 2.16. The molecule has 164 valence electrons. The fourth-order valence-corrected chi connectivity index (χ4v) is 3.65. The number of pyridine rings is 1. The summed E-state index contributed by atoms with van der Waals surface area (Å²) in [7, 11) is 0. The predicted molar refractivity (Wildman–Crippen MR) is 128 cm³/mol. The van der Waals surface area contributed by atoms with Gasteiger partial charge in [0.2, 0.25) is 5.82 Å². The number of aryl methyl sites for hydroxylation is 1. The van der Waals surface area contributed by atoms with E-state index in [-0.39, 0.29) is 0 Å². The summed E-state index contributed by atoms with van der Waals surface area (Å²) in [5.41, 5.74) is 4.81. The Morgan fingerprint density at radius 2 is 1.88 bits per heavy atom. The van der Waals surface area contributed by atoms with Gasteiger partial charge in [-0.3, -0.25) is 0 Å². The van der Waals surface area contributed by atoms with Crippen molar-refractivity contribution in [3.8, 4) is 39.7 Å². The van der Waals surface area contributed by atoms with Gasteiger partial charge < -0.3 is 14.6 Å². The maximum atomic E-state index is 6.36. The van der Waals surface area contributed by atoms with Crippen molar-refractivity contribution >= 4 is 17.4 Å². The van der Waals surface area contributed by atoms with Gasteiger partial charge in [0.25, 0.3) is 5.89 Å². The summed E-state index contributed by atoms with van der Waals surface area (Å²) >= 11 is 6.36. The Hall–Kier alpha value is -3.38. The van der Waals surface area contributed by atoms with Crippen molar-refractivity contribution < 1.29 is 9.26 Å². The van der Waals surface area contributed by atoms with Gasteiger partial charge in [0.1, 0.15) is 11.6 Å². The SMILES string of the molecule is CCCNc1ncc(-c2noc(-c3ccc(-c4ccccc4C)c(OCC)c3)n2)cc1Cl. The van der Waals surface area contributed by atoms with Crippen LogP contribution in [0.2, 0.25) is 5.02 Å². The van der Waals surface area contributed by atoms with Crippen molar-refractivity contribution in [2.75, 3.05) is 18.5 Å². The molecule has 0 atom stereocenters. The second kappa shape index (κ2) is 9.83. The van der Waals surface area contributed by atoms with E-state index in [0.29, 0.717) is 34.7 Å². The van der Waals surface area contributed by atoms with E-state index in [9.17, 15) is 0 Å². The molecule has 32 heavy (non-hydrogen) atoms. The van der Waals surface area contributed by atoms with Gasteiger partial charge in [0.15, 0.2) is 0 Å². The number of benzene rings is 2. The van der Waals surface area contributed by atoms with Crippen molar-refractivity contribution in [2.24, 2.45) is 0 Å². The third kappa shape index (κ3) is 4.60. The number of hydrogen-bond donors (Lipinski definition) is 1. The normalized spacial score (nSPS) is 10.9. The van der Waals surface area contributed by atoms with Gasteiger partial charge >= 0.3 is 0 Å². The highest BCUT2D eigenvalue weighted by Crippen LogP contribution is 2.36. The van der Waals surface area contributed by atoms with E-state index in [2.05, 4.69) is 46.4 Å². The Bertz CT molecular complexity index is 1220. The number of hydrogen-bond acceptors (Lipinski definition) is 6. The first-order chi connectivity index (χ1) is 15.6. The summed E-state index contributed by atoms with van der Waals surface area (Å²) in [4.78, 5) is 8.93. The van der Waals surface area contributed by atoms with E-state index in [1.54, 1.807) is 12.3 Å². The number of ether oxygens (including phenoxy) is 1. The van der Waals surface area contributed by atoms with Crippen LogP contribution >= 0.6 is 11.6 Å². The summed E-state index contributed by atoms with van der Waals surface area (Å²) in [6.07, 6.45) is 2.67. The highest BCUT2D eigenvalue weighted by molar-refractivity contribution is 6.33. The Morgan fingerprint density at radius 1 is 1.03 bits per heavy atom. The molecule has 0 saturated carbocycles. The molecule has 0 aliphatic carbocycles. The fraction of sp³-hybridized carbons (Fsp3) is 0.240. The standard InChI is InChI=1S/C25H25ClN4O2/c1-4-12-27-24-21(26)13-18(15-28-24)23-29-25(32-30-23)17-10-11-20(22(14-17)31-5-2)19-9-7-6-8-16(19)3/h6-11,13-15H,4-5,12H2,1-3H3,(H,27,28). The maximum absolute atomic E-state index is 6.36. The molecule has 0 aliphatic rings. The molecule has 1 N–H and O–H groups in total. The van der Waals surface area contributed by atoms with Crippen LogP contribution in [0.15, 0.2) is 59.3 Å². The lowest BCUT2D eigenvalue weighted by molar-refractivity contribution is 0.341. The fourth-order valence-electron chi connectivity index (χ4n) is 3.42. The molecule has 4 aromatic rings. The monoisotopic (exact) mass is 448 g/mol. The summed E-state index contributed by atoms with van der Waals surface area (Å²) in [5.74, 6) is 2.25. The lowest BCUT2D eigenvalue weighted by Gasteiger charge is -2.13. The van der Waals surface area contributed by atoms with Gasteiger partial charge in [-0.1, -0.05) is 47.9 Å². The molecule has 0 aliphatic heterocycles. The van der Waals surface area contributed by atoms with Crippen LogP contribution < -0.4 is 10.1 Å². The number of nitrogens with zero attached hydrogens (tertiary/aromatic N) is 3.